The molecule has 2 aromatic rings. The van der Waals surface area contributed by atoms with Crippen LogP contribution in [0, 0.1) is 0 Å². The van der Waals surface area contributed by atoms with Gasteiger partial charge in [0, 0.05) is 11.5 Å². The number of oxazole rings is 1. The van der Waals surface area contributed by atoms with E-state index in [4.69, 9.17) is 9.40 Å². The summed E-state index contributed by atoms with van der Waals surface area (Å²) >= 11 is 0. The summed E-state index contributed by atoms with van der Waals surface area (Å²) in [4.78, 5) is 4.92. The lowest BCUT2D eigenvalue weighted by Crippen LogP contribution is -2.26. The molecule has 3 heteroatoms. The summed E-state index contributed by atoms with van der Waals surface area (Å²) in [5.74, 6) is 2.32. The molecule has 0 atom stereocenters. The topological polar surface area (TPSA) is 38.1 Å². The Morgan fingerprint density at radius 1 is 1.09 bits per heavy atom. The summed E-state index contributed by atoms with van der Waals surface area (Å²) in [5, 5.41) is 3.41. The minimum Gasteiger partial charge on any atom is -0.440 e. The highest BCUT2D eigenvalue weighted by atomic mass is 16.4. The van der Waals surface area contributed by atoms with Crippen LogP contribution in [0.4, 0.5) is 0 Å². The summed E-state index contributed by atoms with van der Waals surface area (Å²) in [6.45, 7) is 2.10. The molecule has 1 aliphatic heterocycles. The van der Waals surface area contributed by atoms with Crippen LogP contribution in [0.5, 0.6) is 0 Å². The maximum Gasteiger partial charge on any atom is 0.198 e. The van der Waals surface area contributed by atoms with Crippen molar-refractivity contribution >= 4 is 5.57 Å². The highest BCUT2D eigenvalue weighted by Gasteiger charge is 2.25. The van der Waals surface area contributed by atoms with Gasteiger partial charge >= 0.3 is 0 Å². The van der Waals surface area contributed by atoms with Gasteiger partial charge in [0.2, 0.25) is 0 Å². The zero-order valence-corrected chi connectivity index (χ0v) is 13.3. The van der Waals surface area contributed by atoms with Gasteiger partial charge in [0.15, 0.2) is 11.7 Å². The minimum atomic E-state index is 0.437. The number of hydrogen-bond acceptors (Lipinski definition) is 3. The Morgan fingerprint density at radius 3 is 2.65 bits per heavy atom. The first-order valence-electron chi connectivity index (χ1n) is 8.55. The van der Waals surface area contributed by atoms with Crippen molar-refractivity contribution in [2.75, 3.05) is 13.1 Å². The second-order valence-corrected chi connectivity index (χ2v) is 6.28. The van der Waals surface area contributed by atoms with E-state index in [1.165, 1.54) is 5.57 Å². The second-order valence-electron chi connectivity index (χ2n) is 6.28. The summed E-state index contributed by atoms with van der Waals surface area (Å²) < 4.78 is 6.31. The van der Waals surface area contributed by atoms with Gasteiger partial charge in [-0.1, -0.05) is 48.6 Å². The Kier molecular flexibility index (Phi) is 4.12. The highest BCUT2D eigenvalue weighted by molar-refractivity contribution is 5.77. The predicted molar refractivity (Wildman–Crippen MR) is 93.1 cm³/mol. The maximum absolute atomic E-state index is 6.31. The second kappa shape index (κ2) is 6.55. The molecule has 1 aliphatic carbocycles. The SMILES string of the molecule is C1=CCCC(c2oc(C3CCNCC3)nc2-c2ccccc2)=C1. The van der Waals surface area contributed by atoms with Gasteiger partial charge in [-0.2, -0.15) is 0 Å². The van der Waals surface area contributed by atoms with Gasteiger partial charge in [0.05, 0.1) is 0 Å². The zero-order chi connectivity index (χ0) is 15.5. The Balaban J connectivity index is 1.77. The maximum atomic E-state index is 6.31. The number of nitrogens with one attached hydrogen (secondary N) is 1. The van der Waals surface area contributed by atoms with Gasteiger partial charge in [-0.3, -0.25) is 0 Å². The normalized spacial score (nSPS) is 18.9. The molecule has 0 saturated carbocycles. The molecule has 0 unspecified atom stereocenters. The summed E-state index contributed by atoms with van der Waals surface area (Å²) in [6, 6.07) is 10.4. The van der Waals surface area contributed by atoms with E-state index in [1.54, 1.807) is 0 Å². The average molecular weight is 306 g/mol. The average Bonchev–Trinajstić information content (AvgIpc) is 3.09. The van der Waals surface area contributed by atoms with E-state index in [9.17, 15) is 0 Å². The smallest absolute Gasteiger partial charge is 0.198 e. The molecule has 0 amide bonds. The molecule has 2 heterocycles. The van der Waals surface area contributed by atoms with Gasteiger partial charge < -0.3 is 9.73 Å². The number of aromatic nitrogens is 1. The number of allylic oxidation sites excluding steroid dienone is 4. The van der Waals surface area contributed by atoms with Gasteiger partial charge in [0.1, 0.15) is 5.69 Å². The summed E-state index contributed by atoms with van der Waals surface area (Å²) in [5.41, 5.74) is 3.40. The van der Waals surface area contributed by atoms with Crippen LogP contribution in [0.2, 0.25) is 0 Å². The molecular weight excluding hydrogens is 284 g/mol. The lowest BCUT2D eigenvalue weighted by Gasteiger charge is -2.19. The van der Waals surface area contributed by atoms with Crippen LogP contribution in [0.25, 0.3) is 16.8 Å². The third kappa shape index (κ3) is 3.02. The standard InChI is InChI=1S/C20H22N2O/c1-3-7-15(8-4-1)18-19(16-9-5-2-6-10-16)23-20(22-18)17-11-13-21-14-12-17/h1-5,7-9,17,21H,6,10-14H2. The first-order valence-corrected chi connectivity index (χ1v) is 8.55. The van der Waals surface area contributed by atoms with Crippen molar-refractivity contribution < 1.29 is 4.42 Å². The fourth-order valence-corrected chi connectivity index (χ4v) is 3.38. The monoisotopic (exact) mass is 306 g/mol. The Bertz CT molecular complexity index is 721. The molecule has 1 saturated heterocycles. The van der Waals surface area contributed by atoms with E-state index in [1.807, 2.05) is 6.07 Å². The first kappa shape index (κ1) is 14.5. The number of rotatable bonds is 3. The molecule has 0 bridgehead atoms. The number of nitrogens with zero attached hydrogens (tertiary/aromatic N) is 1. The van der Waals surface area contributed by atoms with Gasteiger partial charge in [-0.15, -0.1) is 0 Å². The van der Waals surface area contributed by atoms with Gasteiger partial charge in [-0.05, 0) is 44.3 Å². The fourth-order valence-electron chi connectivity index (χ4n) is 3.38. The molecule has 4 rings (SSSR count). The van der Waals surface area contributed by atoms with Crippen LogP contribution in [0.3, 0.4) is 0 Å². The van der Waals surface area contributed by atoms with Crippen molar-refractivity contribution in [1.82, 2.24) is 10.3 Å². The number of hydrogen-bond donors (Lipinski definition) is 1. The van der Waals surface area contributed by atoms with Crippen molar-refractivity contribution in [1.29, 1.82) is 0 Å². The fraction of sp³-hybridized carbons (Fsp3) is 0.350. The lowest BCUT2D eigenvalue weighted by atomic mass is 9.98. The molecule has 0 spiro atoms. The molecule has 118 valence electrons. The van der Waals surface area contributed by atoms with E-state index in [-0.39, 0.29) is 0 Å². The van der Waals surface area contributed by atoms with Crippen LogP contribution >= 0.6 is 0 Å². The van der Waals surface area contributed by atoms with Crippen LogP contribution in [-0.4, -0.2) is 18.1 Å². The first-order chi connectivity index (χ1) is 11.4. The molecule has 1 fully saturated rings. The molecule has 1 aromatic heterocycles. The zero-order valence-electron chi connectivity index (χ0n) is 13.3. The van der Waals surface area contributed by atoms with Gasteiger partial charge in [-0.25, -0.2) is 4.98 Å². The van der Waals surface area contributed by atoms with Crippen LogP contribution in [0.1, 0.15) is 43.3 Å². The third-order valence-electron chi connectivity index (χ3n) is 4.68. The van der Waals surface area contributed by atoms with Crippen molar-refractivity contribution in [2.24, 2.45) is 0 Å². The number of benzene rings is 1. The molecule has 0 radical (unpaired) electrons. The van der Waals surface area contributed by atoms with Crippen LogP contribution in [0.15, 0.2) is 53.0 Å². The van der Waals surface area contributed by atoms with Crippen LogP contribution in [-0.2, 0) is 0 Å². The van der Waals surface area contributed by atoms with Crippen molar-refractivity contribution in [3.8, 4) is 11.3 Å². The molecule has 2 aliphatic rings. The molecule has 23 heavy (non-hydrogen) atoms. The van der Waals surface area contributed by atoms with E-state index < -0.39 is 0 Å². The van der Waals surface area contributed by atoms with Crippen molar-refractivity contribution in [3.63, 3.8) is 0 Å². The third-order valence-corrected chi connectivity index (χ3v) is 4.68. The molecule has 1 aromatic carbocycles. The van der Waals surface area contributed by atoms with E-state index in [0.717, 1.165) is 61.7 Å². The summed E-state index contributed by atoms with van der Waals surface area (Å²) in [6.07, 6.45) is 10.8. The van der Waals surface area contributed by atoms with Crippen molar-refractivity contribution in [3.05, 3.63) is 60.2 Å². The minimum absolute atomic E-state index is 0.437. The predicted octanol–water partition coefficient (Wildman–Crippen LogP) is 4.54. The van der Waals surface area contributed by atoms with Crippen LogP contribution < -0.4 is 5.32 Å². The van der Waals surface area contributed by atoms with E-state index in [2.05, 4.69) is 47.8 Å². The summed E-state index contributed by atoms with van der Waals surface area (Å²) in [7, 11) is 0. The highest BCUT2D eigenvalue weighted by Crippen LogP contribution is 2.36. The Morgan fingerprint density at radius 2 is 1.91 bits per heavy atom. The van der Waals surface area contributed by atoms with E-state index in [0.29, 0.717) is 5.92 Å². The lowest BCUT2D eigenvalue weighted by molar-refractivity contribution is 0.370. The largest absolute Gasteiger partial charge is 0.440 e. The Labute approximate surface area is 137 Å². The quantitative estimate of drug-likeness (QED) is 0.904. The number of piperidine rings is 1. The van der Waals surface area contributed by atoms with Crippen molar-refractivity contribution in [2.45, 2.75) is 31.6 Å². The molecule has 3 nitrogen and oxygen atoms in total. The molecular formula is C20H22N2O. The van der Waals surface area contributed by atoms with Gasteiger partial charge in [0.25, 0.3) is 0 Å². The Hall–Kier alpha value is -2.13. The van der Waals surface area contributed by atoms with E-state index >= 15 is 0 Å². The molecule has 1 N–H and O–H groups in total.